The number of hydrogen-bond acceptors (Lipinski definition) is 3. The molecule has 1 aromatic carbocycles. The number of nitrogens with two attached hydrogens (primary N) is 1. The number of benzene rings is 1. The van der Waals surface area contributed by atoms with Gasteiger partial charge in [0, 0.05) is 12.1 Å². The number of carbonyl (C=O) groups is 1. The molecule has 0 atom stereocenters. The minimum atomic E-state index is -0.392. The minimum Gasteiger partial charge on any atom is -0.497 e. The van der Waals surface area contributed by atoms with Crippen molar-refractivity contribution in [3.63, 3.8) is 0 Å². The van der Waals surface area contributed by atoms with E-state index in [2.05, 4.69) is 4.90 Å². The normalized spacial score (nSPS) is 10.5. The van der Waals surface area contributed by atoms with Crippen LogP contribution in [-0.2, 0) is 6.42 Å². The number of rotatable bonds is 5. The zero-order valence-corrected chi connectivity index (χ0v) is 9.99. The minimum absolute atomic E-state index is 0.392. The van der Waals surface area contributed by atoms with E-state index in [4.69, 9.17) is 10.5 Å². The summed E-state index contributed by atoms with van der Waals surface area (Å²) in [7, 11) is 5.59. The van der Waals surface area contributed by atoms with E-state index >= 15 is 0 Å². The second-order valence-electron chi connectivity index (χ2n) is 3.94. The molecule has 0 aliphatic heterocycles. The molecule has 0 heterocycles. The number of amides is 1. The largest absolute Gasteiger partial charge is 0.497 e. The van der Waals surface area contributed by atoms with Crippen LogP contribution in [0.2, 0.25) is 0 Å². The highest BCUT2D eigenvalue weighted by Gasteiger charge is 2.09. The fraction of sp³-hybridized carbons (Fsp3) is 0.417. The molecule has 4 heteroatoms. The molecule has 0 aliphatic rings. The first-order valence-corrected chi connectivity index (χ1v) is 5.16. The van der Waals surface area contributed by atoms with Gasteiger partial charge in [0.2, 0.25) is 5.91 Å². The second kappa shape index (κ2) is 5.51. The van der Waals surface area contributed by atoms with Gasteiger partial charge < -0.3 is 15.4 Å². The fourth-order valence-electron chi connectivity index (χ4n) is 1.49. The predicted octanol–water partition coefficient (Wildman–Crippen LogP) is 0.898. The summed E-state index contributed by atoms with van der Waals surface area (Å²) < 4.78 is 5.13. The number of ether oxygens (including phenoxy) is 1. The number of primary amides is 1. The van der Waals surface area contributed by atoms with Crippen LogP contribution in [0, 0.1) is 0 Å². The molecular weight excluding hydrogens is 204 g/mol. The lowest BCUT2D eigenvalue weighted by Crippen LogP contribution is -2.19. The molecule has 4 nitrogen and oxygen atoms in total. The molecule has 0 aliphatic carbocycles. The topological polar surface area (TPSA) is 55.6 Å². The molecule has 16 heavy (non-hydrogen) atoms. The van der Waals surface area contributed by atoms with Gasteiger partial charge in [-0.3, -0.25) is 4.79 Å². The van der Waals surface area contributed by atoms with Crippen LogP contribution < -0.4 is 10.5 Å². The van der Waals surface area contributed by atoms with E-state index in [9.17, 15) is 4.79 Å². The number of nitrogens with zero attached hydrogens (tertiary/aromatic N) is 1. The van der Waals surface area contributed by atoms with Gasteiger partial charge in [-0.25, -0.2) is 0 Å². The maximum Gasteiger partial charge on any atom is 0.248 e. The first-order chi connectivity index (χ1) is 7.54. The fourth-order valence-corrected chi connectivity index (χ4v) is 1.49. The second-order valence-corrected chi connectivity index (χ2v) is 3.94. The van der Waals surface area contributed by atoms with Crippen LogP contribution in [0.3, 0.4) is 0 Å². The van der Waals surface area contributed by atoms with E-state index in [0.717, 1.165) is 24.3 Å². The molecule has 0 aromatic heterocycles. The summed E-state index contributed by atoms with van der Waals surface area (Å²) >= 11 is 0. The van der Waals surface area contributed by atoms with Crippen LogP contribution in [-0.4, -0.2) is 38.6 Å². The van der Waals surface area contributed by atoms with Crippen molar-refractivity contribution in [2.24, 2.45) is 5.73 Å². The molecule has 0 fully saturated rings. The molecule has 0 spiro atoms. The van der Waals surface area contributed by atoms with Crippen LogP contribution >= 0.6 is 0 Å². The molecule has 1 rings (SSSR count). The summed E-state index contributed by atoms with van der Waals surface area (Å²) in [5, 5.41) is 0. The highest BCUT2D eigenvalue weighted by molar-refractivity contribution is 5.94. The molecule has 0 radical (unpaired) electrons. The van der Waals surface area contributed by atoms with Crippen molar-refractivity contribution in [3.05, 3.63) is 29.3 Å². The van der Waals surface area contributed by atoms with Gasteiger partial charge in [0.05, 0.1) is 7.11 Å². The third-order valence-corrected chi connectivity index (χ3v) is 2.41. The maximum atomic E-state index is 11.2. The van der Waals surface area contributed by atoms with Crippen molar-refractivity contribution in [2.75, 3.05) is 27.7 Å². The van der Waals surface area contributed by atoms with Crippen LogP contribution in [0.15, 0.2) is 18.2 Å². The average Bonchev–Trinajstić information content (AvgIpc) is 2.25. The Kier molecular flexibility index (Phi) is 4.31. The van der Waals surface area contributed by atoms with Gasteiger partial charge in [-0.2, -0.15) is 0 Å². The summed E-state index contributed by atoms with van der Waals surface area (Å²) in [4.78, 5) is 13.3. The van der Waals surface area contributed by atoms with Gasteiger partial charge in [-0.15, -0.1) is 0 Å². The van der Waals surface area contributed by atoms with E-state index in [1.165, 1.54) is 0 Å². The predicted molar refractivity (Wildman–Crippen MR) is 63.8 cm³/mol. The Morgan fingerprint density at radius 3 is 2.62 bits per heavy atom. The highest BCUT2D eigenvalue weighted by Crippen LogP contribution is 2.18. The summed E-state index contributed by atoms with van der Waals surface area (Å²) in [6.07, 6.45) is 0.780. The third kappa shape index (κ3) is 3.24. The molecule has 2 N–H and O–H groups in total. The summed E-state index contributed by atoms with van der Waals surface area (Å²) in [6.45, 7) is 0.868. The maximum absolute atomic E-state index is 11.2. The Balaban J connectivity index is 2.96. The quantitative estimate of drug-likeness (QED) is 0.805. The molecule has 0 unspecified atom stereocenters. The first kappa shape index (κ1) is 12.5. The van der Waals surface area contributed by atoms with Gasteiger partial charge in [-0.05, 0) is 44.3 Å². The average molecular weight is 222 g/mol. The van der Waals surface area contributed by atoms with Gasteiger partial charge in [-0.1, -0.05) is 0 Å². The molecule has 1 amide bonds. The van der Waals surface area contributed by atoms with Crippen molar-refractivity contribution in [2.45, 2.75) is 6.42 Å². The molecule has 0 bridgehead atoms. The van der Waals surface area contributed by atoms with E-state index in [1.807, 2.05) is 20.2 Å². The van der Waals surface area contributed by atoms with Crippen LogP contribution in [0.1, 0.15) is 15.9 Å². The van der Waals surface area contributed by atoms with Crippen molar-refractivity contribution in [1.82, 2.24) is 4.90 Å². The standard InChI is InChI=1S/C12H18N2O2/c1-14(2)7-6-9-8-10(16-3)4-5-11(9)12(13)15/h4-5,8H,6-7H2,1-3H3,(H2,13,15). The van der Waals surface area contributed by atoms with E-state index in [-0.39, 0.29) is 0 Å². The lowest BCUT2D eigenvalue weighted by Gasteiger charge is -2.12. The summed E-state index contributed by atoms with van der Waals surface area (Å²) in [6, 6.07) is 5.33. The molecule has 0 saturated carbocycles. The molecule has 1 aromatic rings. The van der Waals surface area contributed by atoms with Crippen molar-refractivity contribution >= 4 is 5.91 Å². The van der Waals surface area contributed by atoms with Gasteiger partial charge >= 0.3 is 0 Å². The van der Waals surface area contributed by atoms with Crippen molar-refractivity contribution < 1.29 is 9.53 Å². The Morgan fingerprint density at radius 1 is 1.44 bits per heavy atom. The Morgan fingerprint density at radius 2 is 2.12 bits per heavy atom. The summed E-state index contributed by atoms with van der Waals surface area (Å²) in [5.74, 6) is 0.357. The number of hydrogen-bond donors (Lipinski definition) is 1. The van der Waals surface area contributed by atoms with E-state index in [0.29, 0.717) is 5.56 Å². The molecular formula is C12H18N2O2. The zero-order chi connectivity index (χ0) is 12.1. The zero-order valence-electron chi connectivity index (χ0n) is 9.99. The smallest absolute Gasteiger partial charge is 0.248 e. The van der Waals surface area contributed by atoms with Gasteiger partial charge in [0.1, 0.15) is 5.75 Å². The van der Waals surface area contributed by atoms with Crippen LogP contribution in [0.4, 0.5) is 0 Å². The van der Waals surface area contributed by atoms with E-state index < -0.39 is 5.91 Å². The van der Waals surface area contributed by atoms with Gasteiger partial charge in [0.15, 0.2) is 0 Å². The number of likely N-dealkylation sites (N-methyl/N-ethyl adjacent to an activating group) is 1. The first-order valence-electron chi connectivity index (χ1n) is 5.16. The molecule has 88 valence electrons. The highest BCUT2D eigenvalue weighted by atomic mass is 16.5. The lowest BCUT2D eigenvalue weighted by atomic mass is 10.0. The Hall–Kier alpha value is -1.55. The van der Waals surface area contributed by atoms with Crippen LogP contribution in [0.25, 0.3) is 0 Å². The Bertz CT molecular complexity index is 375. The van der Waals surface area contributed by atoms with Crippen LogP contribution in [0.5, 0.6) is 5.75 Å². The number of carbonyl (C=O) groups excluding carboxylic acids is 1. The summed E-state index contributed by atoms with van der Waals surface area (Å²) in [5.41, 5.74) is 6.82. The van der Waals surface area contributed by atoms with E-state index in [1.54, 1.807) is 19.2 Å². The lowest BCUT2D eigenvalue weighted by molar-refractivity contribution is 0.0999. The monoisotopic (exact) mass is 222 g/mol. The van der Waals surface area contributed by atoms with Gasteiger partial charge in [0.25, 0.3) is 0 Å². The Labute approximate surface area is 96.0 Å². The third-order valence-electron chi connectivity index (χ3n) is 2.41. The SMILES string of the molecule is COc1ccc(C(N)=O)c(CCN(C)C)c1. The van der Waals surface area contributed by atoms with Crippen molar-refractivity contribution in [3.8, 4) is 5.75 Å². The van der Waals surface area contributed by atoms with Crippen molar-refractivity contribution in [1.29, 1.82) is 0 Å². The number of methoxy groups -OCH3 is 1. The molecule has 0 saturated heterocycles.